The monoisotopic (exact) mass is 298 g/mol. The van der Waals surface area contributed by atoms with Crippen molar-refractivity contribution in [3.63, 3.8) is 0 Å². The van der Waals surface area contributed by atoms with Crippen molar-refractivity contribution >= 4 is 49.7 Å². The van der Waals surface area contributed by atoms with Crippen LogP contribution in [-0.4, -0.2) is 54.8 Å². The molecular formula is C15H14CaO4. The Balaban J connectivity index is 0. The van der Waals surface area contributed by atoms with E-state index in [1.54, 1.807) is 60.7 Å². The molecule has 2 aromatic rings. The molecule has 1 atom stereocenters. The summed E-state index contributed by atoms with van der Waals surface area (Å²) in [5.74, 6) is -0.380. The summed E-state index contributed by atoms with van der Waals surface area (Å²) in [6.07, 6.45) is -2.61. The molecule has 4 nitrogen and oxygen atoms in total. The molecule has 20 heavy (non-hydrogen) atoms. The fourth-order valence-corrected chi connectivity index (χ4v) is 1.76. The molecule has 0 aromatic heterocycles. The smallest absolute Gasteiger partial charge is 1.00 e. The quantitative estimate of drug-likeness (QED) is 0.535. The van der Waals surface area contributed by atoms with E-state index in [2.05, 4.69) is 0 Å². The maximum absolute atomic E-state index is 12.3. The molecule has 0 radical (unpaired) electrons. The molecule has 1 unspecified atom stereocenters. The van der Waals surface area contributed by atoms with Gasteiger partial charge in [0.1, 0.15) is 0 Å². The van der Waals surface area contributed by atoms with Crippen LogP contribution in [0.2, 0.25) is 0 Å². The third-order valence-corrected chi connectivity index (χ3v) is 2.62. The van der Waals surface area contributed by atoms with Gasteiger partial charge in [-0.05, 0) is 0 Å². The molecule has 1 N–H and O–H groups in total. The Hall–Kier alpha value is -1.36. The van der Waals surface area contributed by atoms with Crippen molar-refractivity contribution in [2.45, 2.75) is 6.10 Å². The largest absolute Gasteiger partial charge is 2.00 e. The molecule has 0 aliphatic rings. The summed E-state index contributed by atoms with van der Waals surface area (Å²) in [6, 6.07) is 17.0. The summed E-state index contributed by atoms with van der Waals surface area (Å²) >= 11 is 0. The summed E-state index contributed by atoms with van der Waals surface area (Å²) in [7, 11) is 0. The Morgan fingerprint density at radius 2 is 1.45 bits per heavy atom. The minimum Gasteiger partial charge on any atom is -1.00 e. The van der Waals surface area contributed by atoms with E-state index in [1.165, 1.54) is 0 Å². The van der Waals surface area contributed by atoms with Crippen LogP contribution in [0.25, 0.3) is 0 Å². The van der Waals surface area contributed by atoms with Gasteiger partial charge >= 0.3 is 43.9 Å². The molecule has 100 valence electrons. The molecule has 0 aliphatic carbocycles. The molecule has 2 aromatic carbocycles. The number of carbonyl (C=O) groups excluding carboxylic acids is 1. The molecule has 0 saturated carbocycles. The Kier molecular flexibility index (Phi) is 6.71. The number of rotatable bonds is 4. The number of Topliss-reactive ketones (excluding diaryl/α,β-unsaturated/α-hetero) is 1. The number of hydrogen-bond acceptors (Lipinski definition) is 3. The Morgan fingerprint density at radius 1 is 0.950 bits per heavy atom. The molecule has 0 amide bonds. The van der Waals surface area contributed by atoms with Gasteiger partial charge in [-0.15, -0.1) is 0 Å². The Bertz CT molecular complexity index is 579. The van der Waals surface area contributed by atoms with Crippen LogP contribution >= 0.6 is 0 Å². The summed E-state index contributed by atoms with van der Waals surface area (Å²) in [4.78, 5) is 23.0. The fourth-order valence-electron chi connectivity index (χ4n) is 1.76. The van der Waals surface area contributed by atoms with Crippen molar-refractivity contribution in [2.24, 2.45) is 0 Å². The average Bonchev–Trinajstić information content (AvgIpc) is 2.46. The van der Waals surface area contributed by atoms with Gasteiger partial charge in [0.25, 0.3) is 0 Å². The van der Waals surface area contributed by atoms with Crippen molar-refractivity contribution < 1.29 is 22.3 Å². The van der Waals surface area contributed by atoms with E-state index in [1.807, 2.05) is 0 Å². The van der Waals surface area contributed by atoms with Crippen LogP contribution in [0.15, 0.2) is 60.7 Å². The molecule has 2 rings (SSSR count). The maximum Gasteiger partial charge on any atom is 2.00 e. The summed E-state index contributed by atoms with van der Waals surface area (Å²) in [5.41, 5.74) is 0.927. The molecule has 0 heterocycles. The van der Waals surface area contributed by atoms with Crippen LogP contribution in [0, 0.1) is 0 Å². The zero-order valence-electron chi connectivity index (χ0n) is 12.7. The molecular weight excluding hydrogens is 284 g/mol. The van der Waals surface area contributed by atoms with Crippen LogP contribution in [-0.2, 0) is 4.74 Å². The van der Waals surface area contributed by atoms with E-state index >= 15 is 0 Å². The minimum absolute atomic E-state index is 0. The van der Waals surface area contributed by atoms with Crippen LogP contribution in [0.5, 0.6) is 0 Å². The van der Waals surface area contributed by atoms with Crippen LogP contribution in [0.1, 0.15) is 24.9 Å². The Labute approximate surface area is 149 Å². The van der Waals surface area contributed by atoms with Gasteiger partial charge < -0.3 is 12.7 Å². The number of benzene rings is 2. The van der Waals surface area contributed by atoms with Gasteiger partial charge in [-0.3, -0.25) is 4.79 Å². The van der Waals surface area contributed by atoms with Crippen LogP contribution < -0.4 is 0 Å². The van der Waals surface area contributed by atoms with Crippen LogP contribution in [0.4, 0.5) is 4.79 Å². The number of carbonyl (C=O) groups is 2. The van der Waals surface area contributed by atoms with Crippen molar-refractivity contribution in [2.75, 3.05) is 0 Å². The SMILES string of the molecule is O=C(O)OC(C(=O)c1ccccc1)c1ccccc1.[Ca+2].[H-].[H-]. The van der Waals surface area contributed by atoms with E-state index in [-0.39, 0.29) is 46.4 Å². The minimum atomic E-state index is -1.47. The second kappa shape index (κ2) is 8.04. The van der Waals surface area contributed by atoms with E-state index in [0.29, 0.717) is 11.1 Å². The predicted molar refractivity (Wildman–Crippen MR) is 77.0 cm³/mol. The first-order valence-corrected chi connectivity index (χ1v) is 5.72. The number of carboxylic acid groups (broad SMARTS) is 1. The van der Waals surface area contributed by atoms with Gasteiger partial charge in [0, 0.05) is 11.1 Å². The number of hydrogen-bond donors (Lipinski definition) is 1. The first-order chi connectivity index (χ1) is 9.18. The third-order valence-electron chi connectivity index (χ3n) is 2.62. The first kappa shape index (κ1) is 16.7. The van der Waals surface area contributed by atoms with E-state index in [0.717, 1.165) is 0 Å². The summed E-state index contributed by atoms with van der Waals surface area (Å²) in [6.45, 7) is 0. The molecule has 0 saturated heterocycles. The van der Waals surface area contributed by atoms with Gasteiger partial charge in [-0.2, -0.15) is 0 Å². The van der Waals surface area contributed by atoms with Crippen molar-refractivity contribution in [1.82, 2.24) is 0 Å². The number of ether oxygens (including phenoxy) is 1. The maximum atomic E-state index is 12.3. The van der Waals surface area contributed by atoms with E-state index in [9.17, 15) is 9.59 Å². The van der Waals surface area contributed by atoms with Gasteiger partial charge in [0.15, 0.2) is 6.10 Å². The fraction of sp³-hybridized carbons (Fsp3) is 0.0667. The molecule has 0 bridgehead atoms. The normalized spacial score (nSPS) is 11.0. The van der Waals surface area contributed by atoms with Crippen molar-refractivity contribution in [1.29, 1.82) is 0 Å². The predicted octanol–water partition coefficient (Wildman–Crippen LogP) is 3.15. The van der Waals surface area contributed by atoms with Gasteiger partial charge in [-0.1, -0.05) is 60.7 Å². The molecule has 0 fully saturated rings. The third kappa shape index (κ3) is 4.34. The molecule has 0 aliphatic heterocycles. The number of ketones is 1. The standard InChI is InChI=1S/C15H12O4.Ca.2H/c16-13(11-7-3-1-4-8-11)14(19-15(17)18)12-9-5-2-6-10-12;;;/h1-10,14H,(H,17,18);;;/q;+2;2*-1. The van der Waals surface area contributed by atoms with E-state index in [4.69, 9.17) is 9.84 Å². The van der Waals surface area contributed by atoms with Crippen LogP contribution in [0.3, 0.4) is 0 Å². The summed E-state index contributed by atoms with van der Waals surface area (Å²) in [5, 5.41) is 8.77. The molecule has 0 spiro atoms. The molecule has 5 heteroatoms. The zero-order chi connectivity index (χ0) is 13.7. The second-order valence-corrected chi connectivity index (χ2v) is 3.90. The first-order valence-electron chi connectivity index (χ1n) is 5.72. The average molecular weight is 298 g/mol. The summed E-state index contributed by atoms with van der Waals surface area (Å²) < 4.78 is 4.72. The van der Waals surface area contributed by atoms with Gasteiger partial charge in [-0.25, -0.2) is 4.79 Å². The Morgan fingerprint density at radius 3 is 1.95 bits per heavy atom. The zero-order valence-corrected chi connectivity index (χ0v) is 12.9. The second-order valence-electron chi connectivity index (χ2n) is 3.90. The van der Waals surface area contributed by atoms with Crippen molar-refractivity contribution in [3.05, 3.63) is 71.8 Å². The topological polar surface area (TPSA) is 63.6 Å². The van der Waals surface area contributed by atoms with Gasteiger partial charge in [0.2, 0.25) is 5.78 Å². The van der Waals surface area contributed by atoms with Gasteiger partial charge in [0.05, 0.1) is 0 Å². The van der Waals surface area contributed by atoms with Crippen molar-refractivity contribution in [3.8, 4) is 0 Å². The van der Waals surface area contributed by atoms with E-state index < -0.39 is 12.3 Å².